The SMILES string of the molecule is Cc1nn(C)cc1NC1CCN2CCCC12. The van der Waals surface area contributed by atoms with Crippen LogP contribution in [0.5, 0.6) is 0 Å². The van der Waals surface area contributed by atoms with E-state index in [1.807, 2.05) is 11.7 Å². The van der Waals surface area contributed by atoms with Crippen molar-refractivity contribution in [2.45, 2.75) is 38.3 Å². The van der Waals surface area contributed by atoms with Crippen molar-refractivity contribution < 1.29 is 0 Å². The van der Waals surface area contributed by atoms with Crippen LogP contribution in [-0.2, 0) is 7.05 Å². The molecule has 1 aromatic heterocycles. The predicted octanol–water partition coefficient (Wildman–Crippen LogP) is 1.38. The van der Waals surface area contributed by atoms with Crippen LogP contribution in [0.15, 0.2) is 6.20 Å². The van der Waals surface area contributed by atoms with Gasteiger partial charge >= 0.3 is 0 Å². The average molecular weight is 220 g/mol. The molecular formula is C12H20N4. The van der Waals surface area contributed by atoms with Crippen molar-refractivity contribution in [3.05, 3.63) is 11.9 Å². The molecular weight excluding hydrogens is 200 g/mol. The lowest BCUT2D eigenvalue weighted by Crippen LogP contribution is -2.33. The summed E-state index contributed by atoms with van der Waals surface area (Å²) in [5.41, 5.74) is 2.32. The molecule has 88 valence electrons. The lowest BCUT2D eigenvalue weighted by molar-refractivity contribution is 0.318. The molecule has 2 aliphatic rings. The average Bonchev–Trinajstić information content (AvgIpc) is 2.86. The van der Waals surface area contributed by atoms with Gasteiger partial charge < -0.3 is 5.32 Å². The number of anilines is 1. The van der Waals surface area contributed by atoms with E-state index in [0.717, 1.165) is 11.7 Å². The van der Waals surface area contributed by atoms with E-state index < -0.39 is 0 Å². The molecule has 1 N–H and O–H groups in total. The van der Waals surface area contributed by atoms with Gasteiger partial charge in [-0.1, -0.05) is 0 Å². The Bertz CT molecular complexity index is 384. The van der Waals surface area contributed by atoms with Crippen LogP contribution in [0.4, 0.5) is 5.69 Å². The van der Waals surface area contributed by atoms with Crippen molar-refractivity contribution >= 4 is 5.69 Å². The summed E-state index contributed by atoms with van der Waals surface area (Å²) in [4.78, 5) is 2.63. The molecule has 3 heterocycles. The first kappa shape index (κ1) is 10.1. The number of aryl methyl sites for hydroxylation is 2. The smallest absolute Gasteiger partial charge is 0.0825 e. The molecule has 2 fully saturated rings. The Balaban J connectivity index is 1.73. The van der Waals surface area contributed by atoms with Crippen molar-refractivity contribution in [2.24, 2.45) is 7.05 Å². The van der Waals surface area contributed by atoms with Crippen LogP contribution in [0.2, 0.25) is 0 Å². The first-order valence-electron chi connectivity index (χ1n) is 6.25. The number of aromatic nitrogens is 2. The highest BCUT2D eigenvalue weighted by atomic mass is 15.3. The molecule has 0 aliphatic carbocycles. The molecule has 2 atom stereocenters. The highest BCUT2D eigenvalue weighted by Crippen LogP contribution is 2.30. The van der Waals surface area contributed by atoms with Gasteiger partial charge in [0.15, 0.2) is 0 Å². The van der Waals surface area contributed by atoms with Crippen molar-refractivity contribution in [1.82, 2.24) is 14.7 Å². The third-order valence-corrected chi connectivity index (χ3v) is 3.96. The third kappa shape index (κ3) is 1.61. The maximum Gasteiger partial charge on any atom is 0.0825 e. The standard InChI is InChI=1S/C12H20N4/c1-9-11(8-15(2)14-9)13-10-5-7-16-6-3-4-12(10)16/h8,10,12-13H,3-7H2,1-2H3. The van der Waals surface area contributed by atoms with E-state index >= 15 is 0 Å². The van der Waals surface area contributed by atoms with Crippen LogP contribution < -0.4 is 5.32 Å². The zero-order valence-corrected chi connectivity index (χ0v) is 10.1. The number of rotatable bonds is 2. The van der Waals surface area contributed by atoms with E-state index in [1.54, 1.807) is 0 Å². The molecule has 4 nitrogen and oxygen atoms in total. The summed E-state index contributed by atoms with van der Waals surface area (Å²) < 4.78 is 1.89. The maximum atomic E-state index is 4.38. The van der Waals surface area contributed by atoms with Gasteiger partial charge in [-0.3, -0.25) is 9.58 Å². The topological polar surface area (TPSA) is 33.1 Å². The number of nitrogens with one attached hydrogen (secondary N) is 1. The molecule has 2 unspecified atom stereocenters. The Labute approximate surface area is 96.6 Å². The van der Waals surface area contributed by atoms with E-state index in [9.17, 15) is 0 Å². The molecule has 4 heteroatoms. The van der Waals surface area contributed by atoms with Crippen LogP contribution in [0.3, 0.4) is 0 Å². The molecule has 0 saturated carbocycles. The summed E-state index contributed by atoms with van der Waals surface area (Å²) in [5, 5.41) is 8.06. The second-order valence-electron chi connectivity index (χ2n) is 5.09. The van der Waals surface area contributed by atoms with Crippen molar-refractivity contribution in [1.29, 1.82) is 0 Å². The molecule has 2 aliphatic heterocycles. The minimum atomic E-state index is 0.630. The summed E-state index contributed by atoms with van der Waals surface area (Å²) in [5.74, 6) is 0. The summed E-state index contributed by atoms with van der Waals surface area (Å²) >= 11 is 0. The van der Waals surface area contributed by atoms with Gasteiger partial charge in [-0.05, 0) is 32.7 Å². The Hall–Kier alpha value is -1.03. The predicted molar refractivity (Wildman–Crippen MR) is 64.6 cm³/mol. The van der Waals surface area contributed by atoms with Gasteiger partial charge in [-0.15, -0.1) is 0 Å². The van der Waals surface area contributed by atoms with Gasteiger partial charge in [-0.25, -0.2) is 0 Å². The molecule has 0 aromatic carbocycles. The second kappa shape index (κ2) is 3.77. The van der Waals surface area contributed by atoms with Crippen LogP contribution >= 0.6 is 0 Å². The quantitative estimate of drug-likeness (QED) is 0.817. The maximum absolute atomic E-state index is 4.38. The molecule has 2 saturated heterocycles. The Morgan fingerprint density at radius 2 is 2.25 bits per heavy atom. The molecule has 0 amide bonds. The van der Waals surface area contributed by atoms with Crippen molar-refractivity contribution in [3.63, 3.8) is 0 Å². The number of nitrogens with zero attached hydrogens (tertiary/aromatic N) is 3. The lowest BCUT2D eigenvalue weighted by Gasteiger charge is -2.21. The fraction of sp³-hybridized carbons (Fsp3) is 0.750. The molecule has 0 bridgehead atoms. The third-order valence-electron chi connectivity index (χ3n) is 3.96. The first-order chi connectivity index (χ1) is 7.74. The Morgan fingerprint density at radius 1 is 1.38 bits per heavy atom. The van der Waals surface area contributed by atoms with Gasteiger partial charge in [0.2, 0.25) is 0 Å². The minimum Gasteiger partial charge on any atom is -0.378 e. The van der Waals surface area contributed by atoms with Crippen molar-refractivity contribution in [3.8, 4) is 0 Å². The van der Waals surface area contributed by atoms with Crippen LogP contribution in [0, 0.1) is 6.92 Å². The fourth-order valence-corrected chi connectivity index (χ4v) is 3.19. The molecule has 1 aromatic rings. The van der Waals surface area contributed by atoms with E-state index in [1.165, 1.54) is 38.0 Å². The lowest BCUT2D eigenvalue weighted by atomic mass is 10.1. The first-order valence-corrected chi connectivity index (χ1v) is 6.25. The van der Waals surface area contributed by atoms with Crippen LogP contribution in [0.25, 0.3) is 0 Å². The van der Waals surface area contributed by atoms with Gasteiger partial charge in [0.1, 0.15) is 0 Å². The zero-order chi connectivity index (χ0) is 11.1. The van der Waals surface area contributed by atoms with Crippen LogP contribution in [0.1, 0.15) is 25.0 Å². The highest BCUT2D eigenvalue weighted by molar-refractivity contribution is 5.47. The molecule has 0 radical (unpaired) electrons. The largest absolute Gasteiger partial charge is 0.378 e. The molecule has 0 spiro atoms. The summed E-state index contributed by atoms with van der Waals surface area (Å²) in [7, 11) is 1.98. The van der Waals surface area contributed by atoms with E-state index in [0.29, 0.717) is 6.04 Å². The van der Waals surface area contributed by atoms with Gasteiger partial charge in [0.25, 0.3) is 0 Å². The van der Waals surface area contributed by atoms with Gasteiger partial charge in [0.05, 0.1) is 11.4 Å². The molecule has 3 rings (SSSR count). The number of hydrogen-bond acceptors (Lipinski definition) is 3. The number of hydrogen-bond donors (Lipinski definition) is 1. The fourth-order valence-electron chi connectivity index (χ4n) is 3.19. The Kier molecular flexibility index (Phi) is 2.39. The van der Waals surface area contributed by atoms with Crippen LogP contribution in [-0.4, -0.2) is 39.9 Å². The summed E-state index contributed by atoms with van der Waals surface area (Å²) in [6.45, 7) is 4.64. The molecule has 16 heavy (non-hydrogen) atoms. The Morgan fingerprint density at radius 3 is 3.00 bits per heavy atom. The number of fused-ring (bicyclic) bond motifs is 1. The van der Waals surface area contributed by atoms with Gasteiger partial charge in [-0.2, -0.15) is 5.10 Å². The zero-order valence-electron chi connectivity index (χ0n) is 10.1. The highest BCUT2D eigenvalue weighted by Gasteiger charge is 2.37. The van der Waals surface area contributed by atoms with E-state index in [-0.39, 0.29) is 0 Å². The van der Waals surface area contributed by atoms with E-state index in [2.05, 4.69) is 28.4 Å². The second-order valence-corrected chi connectivity index (χ2v) is 5.09. The summed E-state index contributed by atoms with van der Waals surface area (Å²) in [6, 6.07) is 1.39. The summed E-state index contributed by atoms with van der Waals surface area (Å²) in [6.07, 6.45) is 6.10. The van der Waals surface area contributed by atoms with E-state index in [4.69, 9.17) is 0 Å². The minimum absolute atomic E-state index is 0.630. The van der Waals surface area contributed by atoms with Gasteiger partial charge in [0, 0.05) is 31.9 Å². The normalized spacial score (nSPS) is 29.6. The van der Waals surface area contributed by atoms with Crippen molar-refractivity contribution in [2.75, 3.05) is 18.4 Å². The monoisotopic (exact) mass is 220 g/mol.